The van der Waals surface area contributed by atoms with Crippen LogP contribution in [0.15, 0.2) is 53.6 Å². The number of carbonyl (C=O) groups is 2. The van der Waals surface area contributed by atoms with Crippen molar-refractivity contribution in [3.05, 3.63) is 75.3 Å². The van der Waals surface area contributed by atoms with Crippen molar-refractivity contribution in [2.45, 2.75) is 6.92 Å². The summed E-state index contributed by atoms with van der Waals surface area (Å²) in [5, 5.41) is 0.537. The number of halogens is 1. The van der Waals surface area contributed by atoms with E-state index < -0.39 is 0 Å². The van der Waals surface area contributed by atoms with Crippen LogP contribution in [-0.2, 0) is 9.59 Å². The first-order chi connectivity index (χ1) is 12.4. The lowest BCUT2D eigenvalue weighted by atomic mass is 10.0. The van der Waals surface area contributed by atoms with Gasteiger partial charge in [-0.2, -0.15) is 0 Å². The van der Waals surface area contributed by atoms with Gasteiger partial charge < -0.3 is 4.74 Å². The van der Waals surface area contributed by atoms with Gasteiger partial charge in [-0.25, -0.2) is 0 Å². The summed E-state index contributed by atoms with van der Waals surface area (Å²) in [7, 11) is 3.04. The highest BCUT2D eigenvalue weighted by atomic mass is 35.5. The number of methoxy groups -OCH3 is 1. The summed E-state index contributed by atoms with van der Waals surface area (Å²) in [6, 6.07) is 13.0. The van der Waals surface area contributed by atoms with Gasteiger partial charge in [-0.3, -0.25) is 14.5 Å². The van der Waals surface area contributed by atoms with E-state index in [2.05, 4.69) is 0 Å². The molecule has 132 valence electrons. The lowest BCUT2D eigenvalue weighted by Gasteiger charge is -2.08. The van der Waals surface area contributed by atoms with Crippen molar-refractivity contribution >= 4 is 35.6 Å². The number of amides is 2. The van der Waals surface area contributed by atoms with Gasteiger partial charge in [0, 0.05) is 17.6 Å². The van der Waals surface area contributed by atoms with Crippen LogP contribution in [0.3, 0.4) is 0 Å². The van der Waals surface area contributed by atoms with Crippen LogP contribution in [0, 0.1) is 6.92 Å². The van der Waals surface area contributed by atoms with Crippen molar-refractivity contribution in [1.82, 2.24) is 4.90 Å². The van der Waals surface area contributed by atoms with Gasteiger partial charge in [0.15, 0.2) is 0 Å². The predicted molar refractivity (Wildman–Crippen MR) is 103 cm³/mol. The smallest absolute Gasteiger partial charge is 0.261 e. The molecule has 0 saturated carbocycles. The molecule has 26 heavy (non-hydrogen) atoms. The maximum absolute atomic E-state index is 12.6. The zero-order valence-corrected chi connectivity index (χ0v) is 15.5. The predicted octanol–water partition coefficient (Wildman–Crippen LogP) is 4.12. The summed E-state index contributed by atoms with van der Waals surface area (Å²) in [6.45, 7) is 1.86. The molecular weight excluding hydrogens is 350 g/mol. The van der Waals surface area contributed by atoms with Gasteiger partial charge in [-0.05, 0) is 42.3 Å². The van der Waals surface area contributed by atoms with Crippen molar-refractivity contribution in [3.63, 3.8) is 0 Å². The van der Waals surface area contributed by atoms with E-state index in [4.69, 9.17) is 16.3 Å². The van der Waals surface area contributed by atoms with Crippen LogP contribution in [0.5, 0.6) is 5.75 Å². The quantitative estimate of drug-likeness (QED) is 0.605. The highest BCUT2D eigenvalue weighted by Crippen LogP contribution is 2.32. The number of rotatable bonds is 3. The number of nitrogens with zero attached hydrogens (tertiary/aromatic N) is 1. The molecule has 1 aliphatic rings. The highest BCUT2D eigenvalue weighted by molar-refractivity contribution is 6.32. The Morgan fingerprint density at radius 2 is 1.54 bits per heavy atom. The molecule has 0 radical (unpaired) electrons. The highest BCUT2D eigenvalue weighted by Gasteiger charge is 2.36. The van der Waals surface area contributed by atoms with Gasteiger partial charge >= 0.3 is 0 Å². The summed E-state index contributed by atoms with van der Waals surface area (Å²) < 4.78 is 5.33. The van der Waals surface area contributed by atoms with E-state index in [0.29, 0.717) is 27.5 Å². The van der Waals surface area contributed by atoms with E-state index in [1.54, 1.807) is 31.4 Å². The van der Waals surface area contributed by atoms with Crippen LogP contribution in [-0.4, -0.2) is 30.9 Å². The van der Waals surface area contributed by atoms with Crippen LogP contribution < -0.4 is 4.74 Å². The normalized spacial score (nSPS) is 17.5. The molecule has 1 saturated heterocycles. The van der Waals surface area contributed by atoms with Crippen LogP contribution >= 0.6 is 11.6 Å². The van der Waals surface area contributed by atoms with E-state index in [1.165, 1.54) is 7.05 Å². The van der Waals surface area contributed by atoms with Crippen molar-refractivity contribution in [1.29, 1.82) is 0 Å². The number of likely N-dealkylation sites (tertiary alicyclic amines) is 1. The van der Waals surface area contributed by atoms with Gasteiger partial charge in [-0.1, -0.05) is 41.9 Å². The number of carbonyl (C=O) groups excluding carboxylic acids is 2. The molecular formula is C21H18ClNO3. The molecule has 4 nitrogen and oxygen atoms in total. The minimum Gasteiger partial charge on any atom is -0.496 e. The third kappa shape index (κ3) is 3.28. The molecule has 5 heteroatoms. The summed E-state index contributed by atoms with van der Waals surface area (Å²) in [5.74, 6) is -0.0359. The summed E-state index contributed by atoms with van der Waals surface area (Å²) in [6.07, 6.45) is 3.40. The third-order valence-electron chi connectivity index (χ3n) is 4.32. The third-order valence-corrected chi connectivity index (χ3v) is 4.71. The first kappa shape index (κ1) is 18.0. The van der Waals surface area contributed by atoms with E-state index >= 15 is 0 Å². The van der Waals surface area contributed by atoms with Crippen molar-refractivity contribution < 1.29 is 14.3 Å². The Bertz CT molecular complexity index is 945. The molecule has 1 aliphatic heterocycles. The molecule has 0 atom stereocenters. The minimum atomic E-state index is -0.340. The van der Waals surface area contributed by atoms with Crippen LogP contribution in [0.1, 0.15) is 16.7 Å². The number of likely N-dealkylation sites (N-methyl/N-ethyl adjacent to an activating group) is 1. The van der Waals surface area contributed by atoms with Gasteiger partial charge in [0.05, 0.1) is 18.3 Å². The Labute approximate surface area is 157 Å². The molecule has 3 rings (SSSR count). The Balaban J connectivity index is 2.13. The second-order valence-corrected chi connectivity index (χ2v) is 6.43. The van der Waals surface area contributed by atoms with E-state index in [1.807, 2.05) is 37.3 Å². The number of ether oxygens (including phenoxy) is 1. The maximum Gasteiger partial charge on any atom is 0.261 e. The molecule has 2 amide bonds. The van der Waals surface area contributed by atoms with Crippen molar-refractivity contribution in [3.8, 4) is 5.75 Å². The SMILES string of the molecule is COc1cc(C=C2C(=O)N(C)C(=O)C2=Cc2ccccc2)cc(Cl)c1C. The van der Waals surface area contributed by atoms with Gasteiger partial charge in [-0.15, -0.1) is 0 Å². The first-order valence-corrected chi connectivity index (χ1v) is 8.45. The molecule has 0 spiro atoms. The van der Waals surface area contributed by atoms with Crippen LogP contribution in [0.2, 0.25) is 5.02 Å². The maximum atomic E-state index is 12.6. The second-order valence-electron chi connectivity index (χ2n) is 6.03. The first-order valence-electron chi connectivity index (χ1n) is 8.07. The van der Waals surface area contributed by atoms with Gasteiger partial charge in [0.25, 0.3) is 11.8 Å². The van der Waals surface area contributed by atoms with Gasteiger partial charge in [0.2, 0.25) is 0 Å². The van der Waals surface area contributed by atoms with Crippen LogP contribution in [0.25, 0.3) is 12.2 Å². The Kier molecular flexibility index (Phi) is 4.96. The standard InChI is InChI=1S/C21H18ClNO3/c1-13-18(22)11-15(12-19(13)26-3)10-17-16(20(24)23(2)21(17)25)9-14-7-5-4-6-8-14/h4-12H,1-3H3. The molecule has 0 aromatic heterocycles. The van der Waals surface area contributed by atoms with E-state index in [9.17, 15) is 9.59 Å². The van der Waals surface area contributed by atoms with E-state index in [-0.39, 0.29) is 11.8 Å². The van der Waals surface area contributed by atoms with Gasteiger partial charge in [0.1, 0.15) is 5.75 Å². The molecule has 1 heterocycles. The number of hydrogen-bond donors (Lipinski definition) is 0. The number of benzene rings is 2. The zero-order chi connectivity index (χ0) is 18.8. The lowest BCUT2D eigenvalue weighted by Crippen LogP contribution is -2.24. The fourth-order valence-corrected chi connectivity index (χ4v) is 3.03. The number of imide groups is 1. The molecule has 0 unspecified atom stereocenters. The molecule has 0 N–H and O–H groups in total. The zero-order valence-electron chi connectivity index (χ0n) is 14.7. The Hall–Kier alpha value is -2.85. The number of hydrogen-bond acceptors (Lipinski definition) is 3. The van der Waals surface area contributed by atoms with Crippen molar-refractivity contribution in [2.24, 2.45) is 0 Å². The Morgan fingerprint density at radius 3 is 2.12 bits per heavy atom. The fraction of sp³-hybridized carbons (Fsp3) is 0.143. The largest absolute Gasteiger partial charge is 0.496 e. The fourth-order valence-electron chi connectivity index (χ4n) is 2.81. The minimum absolute atomic E-state index is 0.324. The lowest BCUT2D eigenvalue weighted by molar-refractivity contribution is -0.134. The van der Waals surface area contributed by atoms with Crippen LogP contribution in [0.4, 0.5) is 0 Å². The molecule has 0 aliphatic carbocycles. The summed E-state index contributed by atoms with van der Waals surface area (Å²) in [5.41, 5.74) is 3.07. The topological polar surface area (TPSA) is 46.6 Å². The second kappa shape index (κ2) is 7.18. The monoisotopic (exact) mass is 367 g/mol. The molecule has 2 aromatic rings. The van der Waals surface area contributed by atoms with Crippen molar-refractivity contribution in [2.75, 3.05) is 14.2 Å². The molecule has 0 bridgehead atoms. The average molecular weight is 368 g/mol. The Morgan fingerprint density at radius 1 is 0.962 bits per heavy atom. The molecule has 1 fully saturated rings. The summed E-state index contributed by atoms with van der Waals surface area (Å²) >= 11 is 6.26. The molecule has 2 aromatic carbocycles. The average Bonchev–Trinajstić information content (AvgIpc) is 2.83. The van der Waals surface area contributed by atoms with E-state index in [0.717, 1.165) is 16.0 Å². The summed E-state index contributed by atoms with van der Waals surface area (Å²) in [4.78, 5) is 26.2.